The normalized spacial score (nSPS) is 14.5. The Balaban J connectivity index is 1.77. The fraction of sp³-hybridized carbons (Fsp3) is 0.200. The molecule has 1 aliphatic rings. The summed E-state index contributed by atoms with van der Waals surface area (Å²) in [6.45, 7) is 3.04. The van der Waals surface area contributed by atoms with Crippen LogP contribution in [0.5, 0.6) is 11.5 Å². The van der Waals surface area contributed by atoms with Crippen LogP contribution in [0.1, 0.15) is 12.5 Å². The minimum Gasteiger partial charge on any atom is -0.486 e. The summed E-state index contributed by atoms with van der Waals surface area (Å²) >= 11 is 1.49. The lowest BCUT2D eigenvalue weighted by Crippen LogP contribution is -2.16. The molecule has 3 aromatic rings. The van der Waals surface area contributed by atoms with E-state index in [-0.39, 0.29) is 5.82 Å². The Morgan fingerprint density at radius 3 is 2.56 bits per heavy atom. The molecule has 0 spiro atoms. The third kappa shape index (κ3) is 3.50. The molecule has 0 atom stereocenters. The zero-order valence-electron chi connectivity index (χ0n) is 15.0. The van der Waals surface area contributed by atoms with Crippen molar-refractivity contribution in [3.05, 3.63) is 64.0 Å². The average Bonchev–Trinajstić information content (AvgIpc) is 3.10. The second-order valence-corrected chi connectivity index (χ2v) is 6.83. The summed E-state index contributed by atoms with van der Waals surface area (Å²) in [6, 6.07) is 12.1. The van der Waals surface area contributed by atoms with Gasteiger partial charge in [0.25, 0.3) is 0 Å². The van der Waals surface area contributed by atoms with E-state index in [1.54, 1.807) is 23.9 Å². The van der Waals surface area contributed by atoms with Crippen LogP contribution in [0, 0.1) is 5.82 Å². The fourth-order valence-electron chi connectivity index (χ4n) is 2.84. The average molecular weight is 383 g/mol. The molecular weight excluding hydrogens is 365 g/mol. The quantitative estimate of drug-likeness (QED) is 0.644. The summed E-state index contributed by atoms with van der Waals surface area (Å²) in [7, 11) is 1.73. The molecular formula is C20H18FN3O2S. The zero-order valence-corrected chi connectivity index (χ0v) is 15.8. The van der Waals surface area contributed by atoms with Crippen molar-refractivity contribution in [3.8, 4) is 22.8 Å². The number of rotatable bonds is 3. The van der Waals surface area contributed by atoms with Crippen LogP contribution in [-0.4, -0.2) is 30.6 Å². The molecule has 1 aliphatic heterocycles. The monoisotopic (exact) mass is 383 g/mol. The van der Waals surface area contributed by atoms with Gasteiger partial charge in [-0.1, -0.05) is 0 Å². The summed E-state index contributed by atoms with van der Waals surface area (Å²) in [5, 5.41) is 6.74. The summed E-state index contributed by atoms with van der Waals surface area (Å²) in [6.07, 6.45) is 0. The molecule has 0 radical (unpaired) electrons. The smallest absolute Gasteiger partial charge is 0.205 e. The Hall–Kier alpha value is -2.93. The molecule has 7 heteroatoms. The molecule has 27 heavy (non-hydrogen) atoms. The largest absolute Gasteiger partial charge is 0.486 e. The highest BCUT2D eigenvalue weighted by atomic mass is 32.1. The van der Waals surface area contributed by atoms with Gasteiger partial charge in [-0.3, -0.25) is 4.99 Å². The van der Waals surface area contributed by atoms with Crippen molar-refractivity contribution in [3.63, 3.8) is 0 Å². The van der Waals surface area contributed by atoms with Gasteiger partial charge in [-0.05, 0) is 49.4 Å². The maximum atomic E-state index is 13.3. The first-order chi connectivity index (χ1) is 13.2. The first-order valence-electron chi connectivity index (χ1n) is 8.50. The van der Waals surface area contributed by atoms with Crippen LogP contribution in [0.2, 0.25) is 0 Å². The minimum absolute atomic E-state index is 0.267. The van der Waals surface area contributed by atoms with E-state index in [1.807, 2.05) is 30.5 Å². The molecule has 0 aliphatic carbocycles. The first kappa shape index (κ1) is 17.5. The second kappa shape index (κ2) is 7.36. The maximum Gasteiger partial charge on any atom is 0.205 e. The lowest BCUT2D eigenvalue weighted by atomic mass is 10.1. The molecule has 0 saturated heterocycles. The fourth-order valence-corrected chi connectivity index (χ4v) is 3.64. The van der Waals surface area contributed by atoms with E-state index < -0.39 is 0 Å². The molecule has 0 fully saturated rings. The molecule has 138 valence electrons. The molecule has 2 heterocycles. The Morgan fingerprint density at radius 2 is 1.81 bits per heavy atom. The van der Waals surface area contributed by atoms with Gasteiger partial charge in [0.2, 0.25) is 4.80 Å². The Morgan fingerprint density at radius 1 is 1.07 bits per heavy atom. The van der Waals surface area contributed by atoms with E-state index in [1.165, 1.54) is 23.5 Å². The van der Waals surface area contributed by atoms with Gasteiger partial charge in [-0.25, -0.2) is 9.07 Å². The lowest BCUT2D eigenvalue weighted by molar-refractivity contribution is 0.171. The summed E-state index contributed by atoms with van der Waals surface area (Å²) < 4.78 is 26.3. The van der Waals surface area contributed by atoms with E-state index in [0.29, 0.717) is 13.2 Å². The third-order valence-electron chi connectivity index (χ3n) is 4.23. The predicted molar refractivity (Wildman–Crippen MR) is 104 cm³/mol. The molecule has 0 saturated carbocycles. The van der Waals surface area contributed by atoms with Crippen LogP contribution in [0.25, 0.3) is 11.3 Å². The van der Waals surface area contributed by atoms with Crippen molar-refractivity contribution in [2.45, 2.75) is 6.92 Å². The number of hydrogen-bond acceptors (Lipinski definition) is 5. The van der Waals surface area contributed by atoms with Gasteiger partial charge in [0.15, 0.2) is 11.5 Å². The first-order valence-corrected chi connectivity index (χ1v) is 9.38. The lowest BCUT2D eigenvalue weighted by Gasteiger charge is -2.18. The number of thiazole rings is 1. The van der Waals surface area contributed by atoms with Crippen LogP contribution in [0.3, 0.4) is 0 Å². The van der Waals surface area contributed by atoms with Crippen molar-refractivity contribution >= 4 is 17.0 Å². The number of benzene rings is 2. The van der Waals surface area contributed by atoms with Gasteiger partial charge in [-0.15, -0.1) is 11.3 Å². The summed E-state index contributed by atoms with van der Waals surface area (Å²) in [5.41, 5.74) is 3.48. The highest BCUT2D eigenvalue weighted by Crippen LogP contribution is 2.31. The van der Waals surface area contributed by atoms with E-state index >= 15 is 0 Å². The SMILES string of the molecule is CN=c1scc(-c2ccc(F)cc2)n1N=C(C)c1ccc2c(c1)OCCO2. The van der Waals surface area contributed by atoms with Gasteiger partial charge >= 0.3 is 0 Å². The van der Waals surface area contributed by atoms with Crippen molar-refractivity contribution in [2.75, 3.05) is 20.3 Å². The second-order valence-electron chi connectivity index (χ2n) is 5.99. The molecule has 4 rings (SSSR count). The van der Waals surface area contributed by atoms with Crippen LogP contribution in [-0.2, 0) is 0 Å². The van der Waals surface area contributed by atoms with Gasteiger partial charge in [-0.2, -0.15) is 5.10 Å². The Kier molecular flexibility index (Phi) is 4.77. The van der Waals surface area contributed by atoms with Crippen molar-refractivity contribution in [1.29, 1.82) is 0 Å². The highest BCUT2D eigenvalue weighted by molar-refractivity contribution is 7.07. The van der Waals surface area contributed by atoms with E-state index in [0.717, 1.165) is 38.8 Å². The maximum absolute atomic E-state index is 13.3. The van der Waals surface area contributed by atoms with Gasteiger partial charge in [0, 0.05) is 23.6 Å². The van der Waals surface area contributed by atoms with Crippen LogP contribution < -0.4 is 14.3 Å². The Bertz CT molecular complexity index is 1070. The molecule has 1 aromatic heterocycles. The summed E-state index contributed by atoms with van der Waals surface area (Å²) in [5.74, 6) is 1.21. The molecule has 5 nitrogen and oxygen atoms in total. The standard InChI is InChI=1S/C20H18FN3O2S/c1-13(15-5-8-18-19(11-15)26-10-9-25-18)23-24-17(12-27-20(24)22-2)14-3-6-16(21)7-4-14/h3-8,11-12H,9-10H2,1-2H3. The van der Waals surface area contributed by atoms with Crippen molar-refractivity contribution < 1.29 is 13.9 Å². The van der Waals surface area contributed by atoms with Crippen LogP contribution >= 0.6 is 11.3 Å². The Labute approximate surface area is 160 Å². The topological polar surface area (TPSA) is 48.1 Å². The van der Waals surface area contributed by atoms with Gasteiger partial charge < -0.3 is 9.47 Å². The molecule has 0 amide bonds. The van der Waals surface area contributed by atoms with Crippen molar-refractivity contribution in [2.24, 2.45) is 10.1 Å². The number of fused-ring (bicyclic) bond motifs is 1. The van der Waals surface area contributed by atoms with E-state index in [4.69, 9.17) is 14.6 Å². The minimum atomic E-state index is -0.267. The summed E-state index contributed by atoms with van der Waals surface area (Å²) in [4.78, 5) is 5.06. The predicted octanol–water partition coefficient (Wildman–Crippen LogP) is 3.93. The van der Waals surface area contributed by atoms with E-state index in [9.17, 15) is 4.39 Å². The van der Waals surface area contributed by atoms with Crippen molar-refractivity contribution in [1.82, 2.24) is 4.68 Å². The molecule has 2 aromatic carbocycles. The molecule has 0 bridgehead atoms. The van der Waals surface area contributed by atoms with Gasteiger partial charge in [0.1, 0.15) is 19.0 Å². The number of hydrogen-bond donors (Lipinski definition) is 0. The van der Waals surface area contributed by atoms with E-state index in [2.05, 4.69) is 4.99 Å². The number of nitrogens with zero attached hydrogens (tertiary/aromatic N) is 3. The van der Waals surface area contributed by atoms with Crippen LogP contribution in [0.15, 0.2) is 57.9 Å². The molecule has 0 unspecified atom stereocenters. The highest BCUT2D eigenvalue weighted by Gasteiger charge is 2.14. The zero-order chi connectivity index (χ0) is 18.8. The third-order valence-corrected chi connectivity index (χ3v) is 5.13. The van der Waals surface area contributed by atoms with Crippen LogP contribution in [0.4, 0.5) is 4.39 Å². The number of aromatic nitrogens is 1. The molecule has 0 N–H and O–H groups in total. The number of halogens is 1. The number of ether oxygens (including phenoxy) is 2. The van der Waals surface area contributed by atoms with Gasteiger partial charge in [0.05, 0.1) is 11.4 Å².